The molecule has 0 unspecified atom stereocenters. The molecule has 1 aliphatic rings. The first kappa shape index (κ1) is 20.1. The molecule has 27 heavy (non-hydrogen) atoms. The lowest BCUT2D eigenvalue weighted by Gasteiger charge is -2.32. The maximum absolute atomic E-state index is 12.8. The second-order valence-electron chi connectivity index (χ2n) is 7.57. The summed E-state index contributed by atoms with van der Waals surface area (Å²) in [5.41, 5.74) is 2.23. The molecule has 0 aliphatic carbocycles. The van der Waals surface area contributed by atoms with Gasteiger partial charge < -0.3 is 5.32 Å². The monoisotopic (exact) mass is 386 g/mol. The van der Waals surface area contributed by atoms with Crippen molar-refractivity contribution in [2.75, 3.05) is 26.7 Å². The van der Waals surface area contributed by atoms with Gasteiger partial charge in [-0.05, 0) is 88.6 Å². The Bertz CT molecular complexity index is 822. The number of nitrogens with one attached hydrogen (secondary N) is 1. The minimum Gasteiger partial charge on any atom is -0.320 e. The van der Waals surface area contributed by atoms with E-state index in [0.29, 0.717) is 9.79 Å². The van der Waals surface area contributed by atoms with E-state index in [-0.39, 0.29) is 0 Å². The molecule has 2 aromatic carbocycles. The molecule has 3 rings (SSSR count). The number of hydrogen-bond acceptors (Lipinski definition) is 4. The van der Waals surface area contributed by atoms with Crippen LogP contribution in [-0.4, -0.2) is 40.0 Å². The van der Waals surface area contributed by atoms with Crippen LogP contribution in [-0.2, 0) is 16.4 Å². The molecule has 1 N–H and O–H groups in total. The number of piperidine rings is 1. The topological polar surface area (TPSA) is 49.4 Å². The van der Waals surface area contributed by atoms with E-state index in [0.717, 1.165) is 37.7 Å². The average molecular weight is 387 g/mol. The van der Waals surface area contributed by atoms with E-state index >= 15 is 0 Å². The van der Waals surface area contributed by atoms with Gasteiger partial charge in [0.25, 0.3) is 0 Å². The first-order chi connectivity index (χ1) is 13.0. The molecule has 146 valence electrons. The molecule has 1 aliphatic heterocycles. The van der Waals surface area contributed by atoms with Crippen LogP contribution in [0.25, 0.3) is 0 Å². The van der Waals surface area contributed by atoms with Gasteiger partial charge in [-0.25, -0.2) is 8.42 Å². The normalized spacial score (nSPS) is 16.5. The van der Waals surface area contributed by atoms with Crippen molar-refractivity contribution in [3.63, 3.8) is 0 Å². The summed E-state index contributed by atoms with van der Waals surface area (Å²) in [6.45, 7) is 6.19. The van der Waals surface area contributed by atoms with Crippen LogP contribution in [0.3, 0.4) is 0 Å². The Morgan fingerprint density at radius 1 is 0.963 bits per heavy atom. The highest BCUT2D eigenvalue weighted by Gasteiger charge is 2.20. The number of aryl methyl sites for hydroxylation is 1. The van der Waals surface area contributed by atoms with E-state index in [4.69, 9.17) is 0 Å². The molecule has 0 saturated carbocycles. The fraction of sp³-hybridized carbons (Fsp3) is 0.455. The third kappa shape index (κ3) is 5.18. The molecule has 1 saturated heterocycles. The summed E-state index contributed by atoms with van der Waals surface area (Å²) in [7, 11) is -1.43. The summed E-state index contributed by atoms with van der Waals surface area (Å²) in [4.78, 5) is 3.18. The quantitative estimate of drug-likeness (QED) is 0.789. The van der Waals surface area contributed by atoms with Gasteiger partial charge in [0.1, 0.15) is 0 Å². The van der Waals surface area contributed by atoms with Crippen LogP contribution >= 0.6 is 0 Å². The van der Waals surface area contributed by atoms with Gasteiger partial charge in [-0.3, -0.25) is 4.90 Å². The molecule has 0 aromatic heterocycles. The zero-order valence-corrected chi connectivity index (χ0v) is 17.1. The zero-order chi connectivity index (χ0) is 19.3. The minimum absolute atomic E-state index is 0.351. The van der Waals surface area contributed by atoms with E-state index in [2.05, 4.69) is 10.2 Å². The highest BCUT2D eigenvalue weighted by molar-refractivity contribution is 7.91. The van der Waals surface area contributed by atoms with Crippen molar-refractivity contribution >= 4 is 9.84 Å². The van der Waals surface area contributed by atoms with Gasteiger partial charge in [0.2, 0.25) is 9.84 Å². The van der Waals surface area contributed by atoms with Gasteiger partial charge in [-0.15, -0.1) is 0 Å². The van der Waals surface area contributed by atoms with Gasteiger partial charge >= 0.3 is 0 Å². The Morgan fingerprint density at radius 2 is 1.52 bits per heavy atom. The number of nitrogens with zero attached hydrogens (tertiary/aromatic N) is 1. The molecule has 1 fully saturated rings. The summed E-state index contributed by atoms with van der Waals surface area (Å²) in [5, 5.41) is 3.24. The molecule has 0 amide bonds. The van der Waals surface area contributed by atoms with E-state index in [1.54, 1.807) is 24.3 Å². The van der Waals surface area contributed by atoms with Gasteiger partial charge in [0.05, 0.1) is 9.79 Å². The summed E-state index contributed by atoms with van der Waals surface area (Å²) in [5.74, 6) is 0.829. The number of rotatable bonds is 7. The van der Waals surface area contributed by atoms with Crippen LogP contribution in [0, 0.1) is 12.8 Å². The summed E-state index contributed by atoms with van der Waals surface area (Å²) in [6, 6.07) is 14.4. The Hall–Kier alpha value is -1.69. The van der Waals surface area contributed by atoms with Crippen molar-refractivity contribution < 1.29 is 8.42 Å². The van der Waals surface area contributed by atoms with Crippen LogP contribution in [0.4, 0.5) is 0 Å². The zero-order valence-electron chi connectivity index (χ0n) is 16.3. The molecular formula is C22H30N2O2S. The Morgan fingerprint density at radius 3 is 2.07 bits per heavy atom. The van der Waals surface area contributed by atoms with Crippen molar-refractivity contribution in [1.82, 2.24) is 10.2 Å². The fourth-order valence-electron chi connectivity index (χ4n) is 3.67. The lowest BCUT2D eigenvalue weighted by atomic mass is 9.93. The van der Waals surface area contributed by atoms with Gasteiger partial charge in [0, 0.05) is 6.54 Å². The maximum Gasteiger partial charge on any atom is 0.206 e. The second kappa shape index (κ2) is 9.00. The van der Waals surface area contributed by atoms with Crippen LogP contribution in [0.1, 0.15) is 30.4 Å². The molecule has 5 heteroatoms. The van der Waals surface area contributed by atoms with Crippen molar-refractivity contribution in [1.29, 1.82) is 0 Å². The molecule has 1 heterocycles. The van der Waals surface area contributed by atoms with Crippen LogP contribution in [0.5, 0.6) is 0 Å². The molecule has 4 nitrogen and oxygen atoms in total. The van der Waals surface area contributed by atoms with Crippen molar-refractivity contribution in [3.8, 4) is 0 Å². The van der Waals surface area contributed by atoms with Crippen molar-refractivity contribution in [2.45, 2.75) is 42.5 Å². The molecule has 0 bridgehead atoms. The van der Waals surface area contributed by atoms with Crippen molar-refractivity contribution in [2.24, 2.45) is 5.92 Å². The molecular weight excluding hydrogens is 356 g/mol. The van der Waals surface area contributed by atoms with E-state index in [9.17, 15) is 8.42 Å². The Labute approximate surface area is 163 Å². The van der Waals surface area contributed by atoms with Gasteiger partial charge in [0.15, 0.2) is 0 Å². The summed E-state index contributed by atoms with van der Waals surface area (Å²) < 4.78 is 25.5. The highest BCUT2D eigenvalue weighted by atomic mass is 32.2. The number of benzene rings is 2. The lowest BCUT2D eigenvalue weighted by molar-refractivity contribution is 0.172. The first-order valence-electron chi connectivity index (χ1n) is 9.76. The van der Waals surface area contributed by atoms with Crippen LogP contribution in [0.15, 0.2) is 58.3 Å². The van der Waals surface area contributed by atoms with Gasteiger partial charge in [-0.2, -0.15) is 0 Å². The van der Waals surface area contributed by atoms with Crippen molar-refractivity contribution in [3.05, 3.63) is 59.7 Å². The second-order valence-corrected chi connectivity index (χ2v) is 9.52. The molecule has 2 aromatic rings. The van der Waals surface area contributed by atoms with Crippen LogP contribution < -0.4 is 5.32 Å². The van der Waals surface area contributed by atoms with E-state index in [1.165, 1.54) is 24.8 Å². The standard InChI is InChI=1S/C22H30N2O2S/c1-18-3-7-21(8-4-18)27(25,26)22-9-5-20(6-10-22)17-24-15-12-19(13-16-24)11-14-23-2/h3-10,19,23H,11-17H2,1-2H3. The minimum atomic E-state index is -3.44. The largest absolute Gasteiger partial charge is 0.320 e. The summed E-state index contributed by atoms with van der Waals surface area (Å²) in [6.07, 6.45) is 3.76. The number of likely N-dealkylation sites (tertiary alicyclic amines) is 1. The maximum atomic E-state index is 12.8. The molecule has 0 atom stereocenters. The first-order valence-corrected chi connectivity index (χ1v) is 11.2. The predicted octanol–water partition coefficient (Wildman–Crippen LogP) is 3.65. The summed E-state index contributed by atoms with van der Waals surface area (Å²) >= 11 is 0. The molecule has 0 spiro atoms. The average Bonchev–Trinajstić information content (AvgIpc) is 2.68. The van der Waals surface area contributed by atoms with Gasteiger partial charge in [-0.1, -0.05) is 29.8 Å². The number of sulfone groups is 1. The number of hydrogen-bond donors (Lipinski definition) is 1. The molecule has 0 radical (unpaired) electrons. The lowest BCUT2D eigenvalue weighted by Crippen LogP contribution is -2.34. The Balaban J connectivity index is 1.60. The smallest absolute Gasteiger partial charge is 0.206 e. The highest BCUT2D eigenvalue weighted by Crippen LogP contribution is 2.24. The van der Waals surface area contributed by atoms with E-state index in [1.807, 2.05) is 38.2 Å². The predicted molar refractivity (Wildman–Crippen MR) is 110 cm³/mol. The Kier molecular flexibility index (Phi) is 6.68. The van der Waals surface area contributed by atoms with Crippen LogP contribution in [0.2, 0.25) is 0 Å². The fourth-order valence-corrected chi connectivity index (χ4v) is 4.93. The third-order valence-electron chi connectivity index (χ3n) is 5.48. The third-order valence-corrected chi connectivity index (χ3v) is 7.27. The SMILES string of the molecule is CNCCC1CCN(Cc2ccc(S(=O)(=O)c3ccc(C)cc3)cc2)CC1. The van der Waals surface area contributed by atoms with E-state index < -0.39 is 9.84 Å².